The molecule has 2 aromatic carbocycles. The second-order valence-electron chi connectivity index (χ2n) is 6.15. The molecule has 0 aliphatic carbocycles. The molecule has 1 N–H and O–H groups in total. The van der Waals surface area contributed by atoms with Crippen molar-refractivity contribution < 1.29 is 18.6 Å². The molecule has 24 heavy (non-hydrogen) atoms. The van der Waals surface area contributed by atoms with Gasteiger partial charge in [0, 0.05) is 18.0 Å². The average Bonchev–Trinajstić information content (AvgIpc) is 2.59. The molecule has 0 fully saturated rings. The van der Waals surface area contributed by atoms with Crippen molar-refractivity contribution in [3.63, 3.8) is 0 Å². The first-order valence-electron chi connectivity index (χ1n) is 7.71. The fourth-order valence-electron chi connectivity index (χ4n) is 2.44. The standard InChI is InChI=1S/C19H24FNO3/c1-19(2,13-6-9-17(23-4)18(10-13)24-5)12-21-16-8-7-14(22-3)11-15(16)20/h6-11,21H,12H2,1-5H3. The van der Waals surface area contributed by atoms with E-state index in [0.29, 0.717) is 29.5 Å². The van der Waals surface area contributed by atoms with Crippen molar-refractivity contribution in [2.24, 2.45) is 0 Å². The van der Waals surface area contributed by atoms with Gasteiger partial charge in [-0.25, -0.2) is 4.39 Å². The zero-order chi connectivity index (χ0) is 17.7. The summed E-state index contributed by atoms with van der Waals surface area (Å²) in [5.41, 5.74) is 1.29. The number of methoxy groups -OCH3 is 3. The molecule has 0 aliphatic heterocycles. The second-order valence-corrected chi connectivity index (χ2v) is 6.15. The smallest absolute Gasteiger partial charge is 0.161 e. The summed E-state index contributed by atoms with van der Waals surface area (Å²) in [6, 6.07) is 10.6. The molecule has 0 bridgehead atoms. The van der Waals surface area contributed by atoms with Crippen molar-refractivity contribution in [1.29, 1.82) is 0 Å². The molecule has 0 atom stereocenters. The van der Waals surface area contributed by atoms with Crippen LogP contribution in [0.25, 0.3) is 0 Å². The van der Waals surface area contributed by atoms with Gasteiger partial charge in [0.2, 0.25) is 0 Å². The van der Waals surface area contributed by atoms with Gasteiger partial charge < -0.3 is 19.5 Å². The zero-order valence-electron chi connectivity index (χ0n) is 14.8. The Bertz CT molecular complexity index is 701. The first-order valence-corrected chi connectivity index (χ1v) is 7.71. The van der Waals surface area contributed by atoms with Gasteiger partial charge in [0.25, 0.3) is 0 Å². The molecule has 0 spiro atoms. The van der Waals surface area contributed by atoms with E-state index in [4.69, 9.17) is 14.2 Å². The predicted octanol–water partition coefficient (Wildman–Crippen LogP) is 4.24. The minimum absolute atomic E-state index is 0.230. The van der Waals surface area contributed by atoms with Gasteiger partial charge in [0.1, 0.15) is 11.6 Å². The van der Waals surface area contributed by atoms with E-state index in [1.54, 1.807) is 26.4 Å². The molecule has 0 saturated heterocycles. The van der Waals surface area contributed by atoms with Crippen LogP contribution < -0.4 is 19.5 Å². The fourth-order valence-corrected chi connectivity index (χ4v) is 2.44. The Morgan fingerprint density at radius 3 is 2.21 bits per heavy atom. The maximum atomic E-state index is 14.1. The Hall–Kier alpha value is -2.43. The van der Waals surface area contributed by atoms with E-state index in [1.807, 2.05) is 18.2 Å². The van der Waals surface area contributed by atoms with Crippen LogP contribution >= 0.6 is 0 Å². The summed E-state index contributed by atoms with van der Waals surface area (Å²) < 4.78 is 29.7. The molecular formula is C19H24FNO3. The Kier molecular flexibility index (Phi) is 5.54. The number of hydrogen-bond donors (Lipinski definition) is 1. The van der Waals surface area contributed by atoms with Gasteiger partial charge >= 0.3 is 0 Å². The molecule has 0 heterocycles. The van der Waals surface area contributed by atoms with Crippen LogP contribution in [0.5, 0.6) is 17.2 Å². The summed E-state index contributed by atoms with van der Waals surface area (Å²) in [6.07, 6.45) is 0. The summed E-state index contributed by atoms with van der Waals surface area (Å²) >= 11 is 0. The first kappa shape index (κ1) is 17.9. The normalized spacial score (nSPS) is 11.1. The van der Waals surface area contributed by atoms with Crippen LogP contribution in [0.4, 0.5) is 10.1 Å². The summed E-state index contributed by atoms with van der Waals surface area (Å²) in [5, 5.41) is 3.17. The van der Waals surface area contributed by atoms with Gasteiger partial charge in [-0.2, -0.15) is 0 Å². The maximum Gasteiger partial charge on any atom is 0.161 e. The minimum atomic E-state index is -0.336. The number of nitrogens with one attached hydrogen (secondary N) is 1. The van der Waals surface area contributed by atoms with Gasteiger partial charge in [-0.15, -0.1) is 0 Å². The Labute approximate surface area is 142 Å². The topological polar surface area (TPSA) is 39.7 Å². The van der Waals surface area contributed by atoms with Crippen molar-refractivity contribution in [2.75, 3.05) is 33.2 Å². The molecular weight excluding hydrogens is 309 g/mol. The maximum absolute atomic E-state index is 14.1. The summed E-state index contributed by atoms with van der Waals surface area (Å²) in [7, 11) is 4.73. The van der Waals surface area contributed by atoms with Crippen LogP contribution in [0.1, 0.15) is 19.4 Å². The lowest BCUT2D eigenvalue weighted by Crippen LogP contribution is -2.28. The van der Waals surface area contributed by atoms with Gasteiger partial charge in [0.15, 0.2) is 11.5 Å². The summed E-state index contributed by atoms with van der Waals surface area (Å²) in [5.74, 6) is 1.53. The van der Waals surface area contributed by atoms with Crippen LogP contribution in [-0.4, -0.2) is 27.9 Å². The molecule has 0 amide bonds. The van der Waals surface area contributed by atoms with Crippen molar-refractivity contribution in [1.82, 2.24) is 0 Å². The quantitative estimate of drug-likeness (QED) is 0.823. The number of anilines is 1. The van der Waals surface area contributed by atoms with Crippen molar-refractivity contribution in [3.05, 3.63) is 47.8 Å². The van der Waals surface area contributed by atoms with E-state index in [-0.39, 0.29) is 11.2 Å². The third-order valence-corrected chi connectivity index (χ3v) is 4.06. The van der Waals surface area contributed by atoms with Crippen molar-refractivity contribution in [2.45, 2.75) is 19.3 Å². The van der Waals surface area contributed by atoms with E-state index >= 15 is 0 Å². The zero-order valence-corrected chi connectivity index (χ0v) is 14.8. The van der Waals surface area contributed by atoms with Crippen molar-refractivity contribution in [3.8, 4) is 17.2 Å². The molecule has 4 nitrogen and oxygen atoms in total. The highest BCUT2D eigenvalue weighted by molar-refractivity contribution is 5.50. The highest BCUT2D eigenvalue weighted by Crippen LogP contribution is 2.33. The summed E-state index contributed by atoms with van der Waals surface area (Å²) in [6.45, 7) is 4.73. The van der Waals surface area contributed by atoms with Crippen molar-refractivity contribution >= 4 is 5.69 Å². The fraction of sp³-hybridized carbons (Fsp3) is 0.368. The van der Waals surface area contributed by atoms with Gasteiger partial charge in [0.05, 0.1) is 27.0 Å². The molecule has 0 aliphatic rings. The Morgan fingerprint density at radius 1 is 0.917 bits per heavy atom. The predicted molar refractivity (Wildman–Crippen MR) is 94.0 cm³/mol. The summed E-state index contributed by atoms with van der Waals surface area (Å²) in [4.78, 5) is 0. The Balaban J connectivity index is 2.16. The molecule has 0 aromatic heterocycles. The average molecular weight is 333 g/mol. The monoisotopic (exact) mass is 333 g/mol. The van der Waals surface area contributed by atoms with E-state index in [1.165, 1.54) is 13.2 Å². The largest absolute Gasteiger partial charge is 0.497 e. The molecule has 0 radical (unpaired) electrons. The number of benzene rings is 2. The van der Waals surface area contributed by atoms with Crippen LogP contribution in [0.2, 0.25) is 0 Å². The second kappa shape index (κ2) is 7.43. The van der Waals surface area contributed by atoms with E-state index < -0.39 is 0 Å². The highest BCUT2D eigenvalue weighted by Gasteiger charge is 2.22. The van der Waals surface area contributed by atoms with Crippen LogP contribution in [-0.2, 0) is 5.41 Å². The number of hydrogen-bond acceptors (Lipinski definition) is 4. The van der Waals surface area contributed by atoms with Crippen LogP contribution in [0, 0.1) is 5.82 Å². The lowest BCUT2D eigenvalue weighted by atomic mass is 9.84. The van der Waals surface area contributed by atoms with E-state index in [0.717, 1.165) is 5.56 Å². The van der Waals surface area contributed by atoms with Gasteiger partial charge in [-0.3, -0.25) is 0 Å². The van der Waals surface area contributed by atoms with Gasteiger partial charge in [-0.05, 0) is 29.8 Å². The lowest BCUT2D eigenvalue weighted by molar-refractivity contribution is 0.353. The molecule has 5 heteroatoms. The highest BCUT2D eigenvalue weighted by atomic mass is 19.1. The number of rotatable bonds is 7. The number of ether oxygens (including phenoxy) is 3. The molecule has 2 aromatic rings. The first-order chi connectivity index (χ1) is 11.4. The SMILES string of the molecule is COc1ccc(NCC(C)(C)c2ccc(OC)c(OC)c2)c(F)c1. The Morgan fingerprint density at radius 2 is 1.62 bits per heavy atom. The van der Waals surface area contributed by atoms with E-state index in [2.05, 4.69) is 19.2 Å². The third-order valence-electron chi connectivity index (χ3n) is 4.06. The molecule has 0 unspecified atom stereocenters. The molecule has 0 saturated carbocycles. The van der Waals surface area contributed by atoms with Crippen LogP contribution in [0.15, 0.2) is 36.4 Å². The van der Waals surface area contributed by atoms with E-state index in [9.17, 15) is 4.39 Å². The minimum Gasteiger partial charge on any atom is -0.497 e. The molecule has 2 rings (SSSR count). The van der Waals surface area contributed by atoms with Crippen LogP contribution in [0.3, 0.4) is 0 Å². The lowest BCUT2D eigenvalue weighted by Gasteiger charge is -2.27. The third kappa shape index (κ3) is 3.91. The van der Waals surface area contributed by atoms with Gasteiger partial charge in [-0.1, -0.05) is 19.9 Å². The molecule has 130 valence electrons. The number of halogens is 1.